The number of fused-ring (bicyclic) bond motifs is 3. The van der Waals surface area contributed by atoms with Gasteiger partial charge in [-0.05, 0) is 115 Å². The van der Waals surface area contributed by atoms with Gasteiger partial charge in [-0.3, -0.25) is 4.98 Å². The van der Waals surface area contributed by atoms with Crippen LogP contribution in [0.5, 0.6) is 0 Å². The molecule has 1 saturated carbocycles. The van der Waals surface area contributed by atoms with Crippen LogP contribution in [0.3, 0.4) is 0 Å². The van der Waals surface area contributed by atoms with E-state index in [4.69, 9.17) is 36.5 Å². The van der Waals surface area contributed by atoms with E-state index in [1.54, 1.807) is 142 Å². The van der Waals surface area contributed by atoms with E-state index < -0.39 is 85.3 Å². The number of ether oxygens (including phenoxy) is 3. The highest BCUT2D eigenvalue weighted by Gasteiger charge is 2.39. The zero-order chi connectivity index (χ0) is 77.3. The number of benzene rings is 4. The molecule has 38 nitrogen and oxygen atoms in total. The second kappa shape index (κ2) is 35.4. The summed E-state index contributed by atoms with van der Waals surface area (Å²) in [5, 5.41) is 115. The molecule has 7 aromatic heterocycles. The monoisotopic (exact) mass is 1530 g/mol. The van der Waals surface area contributed by atoms with Crippen LogP contribution in [0.25, 0.3) is 67.7 Å². The van der Waals surface area contributed by atoms with Crippen molar-refractivity contribution in [3.8, 4) is 34.2 Å². The molecule has 38 heteroatoms. The summed E-state index contributed by atoms with van der Waals surface area (Å²) in [7, 11) is 0. The first kappa shape index (κ1) is 78.9. The Morgan fingerprint density at radius 2 is 0.730 bits per heavy atom. The fourth-order valence-electron chi connectivity index (χ4n) is 12.5. The first-order valence-electron chi connectivity index (χ1n) is 35.1. The van der Waals surface area contributed by atoms with Gasteiger partial charge in [0, 0.05) is 70.9 Å². The summed E-state index contributed by atoms with van der Waals surface area (Å²) in [6.45, 7) is -0.569. The third-order valence-corrected chi connectivity index (χ3v) is 18.6. The van der Waals surface area contributed by atoms with Crippen LogP contribution in [0.4, 0.5) is 60.3 Å². The molecule has 1 aliphatic carbocycles. The van der Waals surface area contributed by atoms with Gasteiger partial charge in [-0.2, -0.15) is 0 Å². The van der Waals surface area contributed by atoms with Gasteiger partial charge >= 0.3 is 18.1 Å². The van der Waals surface area contributed by atoms with E-state index in [-0.39, 0.29) is 102 Å². The van der Waals surface area contributed by atoms with E-state index >= 15 is 0 Å². The average molecular weight is 1530 g/mol. The number of anilines is 8. The number of nitrogen functional groups attached to an aromatic ring is 3. The second-order valence-electron chi connectivity index (χ2n) is 26.7. The molecule has 3 unspecified atom stereocenters. The normalized spacial score (nSPS) is 22.2. The molecule has 4 aliphatic rings. The first-order valence-corrected chi connectivity index (χ1v) is 35.1. The quantitative estimate of drug-likeness (QED) is 0.0553. The number of aromatic nitrogens is 13. The highest BCUT2D eigenvalue weighted by atomic mass is 16.5. The largest absolute Gasteiger partial charge is 0.394 e. The topological polar surface area (TPSA) is 575 Å². The summed E-state index contributed by atoms with van der Waals surface area (Å²) in [6.07, 6.45) is 0.0904. The minimum absolute atomic E-state index is 0. The van der Waals surface area contributed by atoms with Gasteiger partial charge in [0.05, 0.1) is 114 Å². The molecule has 22 N–H and O–H groups in total. The Hall–Kier alpha value is -11.6. The van der Waals surface area contributed by atoms with Crippen molar-refractivity contribution < 1.29 is 79.7 Å². The van der Waals surface area contributed by atoms with Crippen molar-refractivity contribution in [3.63, 3.8) is 0 Å². The molecule has 584 valence electrons. The molecule has 10 heterocycles. The number of pyridine rings is 1. The maximum Gasteiger partial charge on any atom is 0.323 e. The summed E-state index contributed by atoms with van der Waals surface area (Å²) in [4.78, 5) is 80.3. The van der Waals surface area contributed by atoms with Crippen molar-refractivity contribution in [3.05, 3.63) is 146 Å². The fourth-order valence-corrected chi connectivity index (χ4v) is 12.5. The Morgan fingerprint density at radius 3 is 1.04 bits per heavy atom. The van der Waals surface area contributed by atoms with Crippen molar-refractivity contribution in [1.82, 2.24) is 68.9 Å². The number of amides is 6. The Morgan fingerprint density at radius 1 is 0.414 bits per heavy atom. The van der Waals surface area contributed by atoms with E-state index in [1.165, 1.54) is 12.7 Å². The lowest BCUT2D eigenvalue weighted by atomic mass is 9.98. The molecule has 12 atom stereocenters. The molecule has 6 amide bonds. The van der Waals surface area contributed by atoms with E-state index in [0.29, 0.717) is 96.1 Å². The lowest BCUT2D eigenvalue weighted by Gasteiger charge is -2.36. The Bertz CT molecular complexity index is 4990. The predicted octanol–water partition coefficient (Wildman–Crippen LogP) is 2.94. The van der Waals surface area contributed by atoms with Crippen molar-refractivity contribution >= 4 is 97.5 Å². The second-order valence-corrected chi connectivity index (χ2v) is 26.7. The highest BCUT2D eigenvalue weighted by molar-refractivity contribution is 6.01. The van der Waals surface area contributed by atoms with Crippen LogP contribution in [0.1, 0.15) is 45.1 Å². The molecule has 15 rings (SSSR count). The van der Waals surface area contributed by atoms with Gasteiger partial charge in [0.25, 0.3) is 0 Å². The van der Waals surface area contributed by atoms with Crippen molar-refractivity contribution in [2.75, 3.05) is 63.6 Å². The molecule has 3 saturated heterocycles. The van der Waals surface area contributed by atoms with Gasteiger partial charge in [0.1, 0.15) is 53.2 Å². The minimum Gasteiger partial charge on any atom is -0.394 e. The molecule has 0 radical (unpaired) electrons. The predicted molar refractivity (Wildman–Crippen MR) is 406 cm³/mol. The summed E-state index contributed by atoms with van der Waals surface area (Å²) >= 11 is 0. The number of rotatable bonds is 19. The minimum atomic E-state index is -0.952. The molecule has 111 heavy (non-hydrogen) atoms. The smallest absolute Gasteiger partial charge is 0.323 e. The first-order chi connectivity index (χ1) is 53.2. The van der Waals surface area contributed by atoms with Crippen molar-refractivity contribution in [2.45, 2.75) is 145 Å². The SMILES string of the molecule is C.Nc1nc(-c2ccc(NC(=O)NC3CC3)cc2)nc2c1ncn2C[C@@H]1O[C@H](CO)C(O)C[C@@H]1O.Nc1nc(-c2ccc(NC(=O)Nc3ccc(CO)cc3)cc2)nc2c1ncn2C[C@@H]1O[C@H](CO)C(O)C[C@@H]1O.Nc1nc(-c2ccc(NC(=O)Nc3cccnc3)cc2)nc2c1ncn2C[C@@H]1O[C@H](CO)C(O)C[C@@H]1O. The number of nitrogens with two attached hydrogens (primary N) is 3. The van der Waals surface area contributed by atoms with Gasteiger partial charge in [-0.15, -0.1) is 0 Å². The number of nitrogens with zero attached hydrogens (tertiary/aromatic N) is 13. The lowest BCUT2D eigenvalue weighted by Crippen LogP contribution is -2.50. The van der Waals surface area contributed by atoms with Crippen LogP contribution < -0.4 is 49.1 Å². The number of hydrogen-bond acceptors (Lipinski definition) is 29. The number of hydrogen-bond donors (Lipinski definition) is 19. The standard InChI is InChI=1S/C26H29N7O6.C24H26N8O5.C22H27N7O5.CH4/c27-23-22-25(33(13-28-22)10-20-18(36)9-19(37)21(12-35)39-20)32-24(31-23)15-3-7-17(8-4-15)30-26(38)29-16-5-1-14(11-34)2-6-16;25-21-20-23(32(12-27-20)10-18-16(34)8-17(35)19(11-33)37-18)31-22(30-21)13-3-5-14(6-4-13)28-24(36)29-15-2-1-7-26-9-15;23-19-18-21(29(10-24-18)8-16-14(31)7-15(32)17(9-30)34-16)28-20(27-19)11-1-3-12(4-2-11)25-22(33)26-13-5-6-13;/h1-8,13,18-21,34-37H,9-12H2,(H2,27,31,32)(H2,29,30,38);1-7,9,12,16-19,33-35H,8,10-11H2,(H2,25,30,31)(H2,28,29,36);1-4,10,13-17,30-32H,5-9H2,(H2,23,27,28)(H2,25,26,33);1H4/t18-,19?,20-,21+;16-,17?,18-,19+;14-,15?,16-,17+;/m000./s1. The number of nitrogens with one attached hydrogen (secondary N) is 6. The Labute approximate surface area is 632 Å². The van der Waals surface area contributed by atoms with Crippen LogP contribution in [0, 0.1) is 0 Å². The summed E-state index contributed by atoms with van der Waals surface area (Å²) in [5.41, 5.74) is 26.7. The molecule has 4 fully saturated rings. The number of urea groups is 3. The number of aliphatic hydroxyl groups is 10. The van der Waals surface area contributed by atoms with Gasteiger partial charge in [0.2, 0.25) is 0 Å². The summed E-state index contributed by atoms with van der Waals surface area (Å²) in [5.74, 6) is 1.65. The molecule has 11 aromatic rings. The third kappa shape index (κ3) is 19.2. The molecule has 3 aliphatic heterocycles. The zero-order valence-corrected chi connectivity index (χ0v) is 58.7. The maximum atomic E-state index is 12.4. The van der Waals surface area contributed by atoms with Crippen LogP contribution in [0.15, 0.2) is 141 Å². The molecule has 0 bridgehead atoms. The number of imidazole rings is 3. The number of aliphatic hydroxyl groups excluding tert-OH is 10. The van der Waals surface area contributed by atoms with Gasteiger partial charge in [-0.25, -0.2) is 59.2 Å². The Balaban J connectivity index is 0.000000154. The van der Waals surface area contributed by atoms with Crippen LogP contribution in [-0.2, 0) is 40.5 Å². The van der Waals surface area contributed by atoms with E-state index in [2.05, 4.69) is 81.7 Å². The Kier molecular flexibility index (Phi) is 25.2. The van der Waals surface area contributed by atoms with Gasteiger partial charge in [-0.1, -0.05) is 19.6 Å². The van der Waals surface area contributed by atoms with Crippen molar-refractivity contribution in [1.29, 1.82) is 0 Å². The summed E-state index contributed by atoms with van der Waals surface area (Å²) < 4.78 is 22.2. The van der Waals surface area contributed by atoms with Crippen molar-refractivity contribution in [2.24, 2.45) is 0 Å². The zero-order valence-electron chi connectivity index (χ0n) is 58.7. The maximum absolute atomic E-state index is 12.4. The molecule has 0 spiro atoms. The summed E-state index contributed by atoms with van der Waals surface area (Å²) in [6, 6.07) is 30.4. The van der Waals surface area contributed by atoms with Gasteiger partial charge in [0.15, 0.2) is 51.9 Å². The van der Waals surface area contributed by atoms with Gasteiger partial charge < -0.3 is 128 Å². The lowest BCUT2D eigenvalue weighted by molar-refractivity contribution is -0.182. The average Bonchev–Trinajstić information content (AvgIpc) is 1.67. The molecule has 4 aromatic carbocycles. The molecular formula is C73H86N22O16. The van der Waals surface area contributed by atoms with E-state index in [9.17, 15) is 60.3 Å². The number of carbonyl (C=O) groups is 3. The van der Waals surface area contributed by atoms with Crippen LogP contribution in [-0.4, -0.2) is 232 Å². The fraction of sp³-hybridized carbons (Fsp3) is 0.356. The van der Waals surface area contributed by atoms with E-state index in [1.807, 2.05) is 0 Å². The third-order valence-electron chi connectivity index (χ3n) is 18.6. The number of carbonyl (C=O) groups excluding carboxylic acids is 3. The highest BCUT2D eigenvalue weighted by Crippen LogP contribution is 2.32. The van der Waals surface area contributed by atoms with Crippen LogP contribution >= 0.6 is 0 Å². The molecular weight excluding hydrogens is 1440 g/mol. The van der Waals surface area contributed by atoms with Crippen LogP contribution in [0.2, 0.25) is 0 Å². The van der Waals surface area contributed by atoms with E-state index in [0.717, 1.165) is 18.4 Å².